The molecule has 0 unspecified atom stereocenters. The molecule has 1 saturated heterocycles. The average molecular weight is 416 g/mol. The SMILES string of the molecule is COc1cc(N2CCN(C(=O)CN3C(=O)COc4ccccc43)CC2)ccc1Cl. The highest BCUT2D eigenvalue weighted by atomic mass is 35.5. The summed E-state index contributed by atoms with van der Waals surface area (Å²) in [5.41, 5.74) is 1.65. The van der Waals surface area contributed by atoms with Crippen LogP contribution in [0.2, 0.25) is 5.02 Å². The summed E-state index contributed by atoms with van der Waals surface area (Å²) in [7, 11) is 1.59. The van der Waals surface area contributed by atoms with E-state index < -0.39 is 0 Å². The zero-order chi connectivity index (χ0) is 20.4. The molecule has 0 atom stereocenters. The number of piperazine rings is 1. The summed E-state index contributed by atoms with van der Waals surface area (Å²) in [4.78, 5) is 30.6. The number of hydrogen-bond acceptors (Lipinski definition) is 5. The molecule has 0 aliphatic carbocycles. The van der Waals surface area contributed by atoms with Crippen molar-refractivity contribution < 1.29 is 19.1 Å². The molecule has 2 aliphatic rings. The van der Waals surface area contributed by atoms with Crippen LogP contribution in [0.3, 0.4) is 0 Å². The number of ether oxygens (including phenoxy) is 2. The molecule has 29 heavy (non-hydrogen) atoms. The number of carbonyl (C=O) groups is 2. The van der Waals surface area contributed by atoms with E-state index >= 15 is 0 Å². The van der Waals surface area contributed by atoms with Gasteiger partial charge in [-0.1, -0.05) is 23.7 Å². The molecule has 0 radical (unpaired) electrons. The van der Waals surface area contributed by atoms with E-state index in [1.54, 1.807) is 24.1 Å². The van der Waals surface area contributed by atoms with Gasteiger partial charge in [0.05, 0.1) is 17.8 Å². The van der Waals surface area contributed by atoms with E-state index in [1.807, 2.05) is 30.3 Å². The first-order chi connectivity index (χ1) is 14.1. The van der Waals surface area contributed by atoms with Gasteiger partial charge < -0.3 is 19.3 Å². The summed E-state index contributed by atoms with van der Waals surface area (Å²) >= 11 is 6.10. The lowest BCUT2D eigenvalue weighted by atomic mass is 10.2. The standard InChI is InChI=1S/C21H22ClN3O4/c1-28-19-12-15(6-7-16(19)22)23-8-10-24(11-9-23)20(26)13-25-17-4-2-3-5-18(17)29-14-21(25)27/h2-7,12H,8-11,13-14H2,1H3. The second-order valence-electron chi connectivity index (χ2n) is 6.92. The fraction of sp³-hybridized carbons (Fsp3) is 0.333. The fourth-order valence-electron chi connectivity index (χ4n) is 3.62. The molecule has 1 fully saturated rings. The number of benzene rings is 2. The minimum Gasteiger partial charge on any atom is -0.495 e. The Kier molecular flexibility index (Phi) is 5.49. The maximum Gasteiger partial charge on any atom is 0.265 e. The van der Waals surface area contributed by atoms with E-state index in [1.165, 1.54) is 4.90 Å². The van der Waals surface area contributed by atoms with Gasteiger partial charge in [0.25, 0.3) is 5.91 Å². The summed E-state index contributed by atoms with van der Waals surface area (Å²) in [6.07, 6.45) is 0. The number of methoxy groups -OCH3 is 1. The predicted octanol–water partition coefficient (Wildman–Crippen LogP) is 2.42. The van der Waals surface area contributed by atoms with Crippen molar-refractivity contribution in [1.29, 1.82) is 0 Å². The molecule has 4 rings (SSSR count). The second kappa shape index (κ2) is 8.21. The lowest BCUT2D eigenvalue weighted by Gasteiger charge is -2.37. The van der Waals surface area contributed by atoms with Crippen molar-refractivity contribution in [2.75, 3.05) is 56.2 Å². The summed E-state index contributed by atoms with van der Waals surface area (Å²) in [6.45, 7) is 2.55. The van der Waals surface area contributed by atoms with Gasteiger partial charge >= 0.3 is 0 Å². The molecule has 2 amide bonds. The number of halogens is 1. The summed E-state index contributed by atoms with van der Waals surface area (Å²) in [5.74, 6) is 0.987. The first-order valence-corrected chi connectivity index (χ1v) is 9.83. The molecule has 8 heteroatoms. The Labute approximate surface area is 174 Å². The van der Waals surface area contributed by atoms with Crippen LogP contribution in [0.15, 0.2) is 42.5 Å². The van der Waals surface area contributed by atoms with Crippen molar-refractivity contribution in [3.63, 3.8) is 0 Å². The Morgan fingerprint density at radius 1 is 1.14 bits per heavy atom. The topological polar surface area (TPSA) is 62.3 Å². The van der Waals surface area contributed by atoms with Gasteiger partial charge in [0.2, 0.25) is 5.91 Å². The normalized spacial score (nSPS) is 16.3. The van der Waals surface area contributed by atoms with Gasteiger partial charge in [0.15, 0.2) is 6.61 Å². The molecule has 2 aliphatic heterocycles. The molecule has 0 spiro atoms. The van der Waals surface area contributed by atoms with E-state index in [0.29, 0.717) is 48.4 Å². The third kappa shape index (κ3) is 3.96. The van der Waals surface area contributed by atoms with Crippen LogP contribution in [0.1, 0.15) is 0 Å². The molecule has 2 aromatic rings. The van der Waals surface area contributed by atoms with Crippen molar-refractivity contribution in [2.24, 2.45) is 0 Å². The molecule has 0 saturated carbocycles. The molecule has 7 nitrogen and oxygen atoms in total. The fourth-order valence-corrected chi connectivity index (χ4v) is 3.82. The minimum absolute atomic E-state index is 0.0218. The van der Waals surface area contributed by atoms with Crippen molar-refractivity contribution in [2.45, 2.75) is 0 Å². The van der Waals surface area contributed by atoms with Crippen LogP contribution in [-0.4, -0.2) is 63.2 Å². The number of hydrogen-bond donors (Lipinski definition) is 0. The van der Waals surface area contributed by atoms with Crippen molar-refractivity contribution >= 4 is 34.8 Å². The molecule has 0 bridgehead atoms. The van der Waals surface area contributed by atoms with Crippen LogP contribution in [0.5, 0.6) is 11.5 Å². The van der Waals surface area contributed by atoms with Crippen molar-refractivity contribution in [3.05, 3.63) is 47.5 Å². The van der Waals surface area contributed by atoms with Crippen molar-refractivity contribution in [1.82, 2.24) is 4.90 Å². The number of amides is 2. The summed E-state index contributed by atoms with van der Waals surface area (Å²) < 4.78 is 10.7. The highest BCUT2D eigenvalue weighted by molar-refractivity contribution is 6.32. The van der Waals surface area contributed by atoms with Crippen molar-refractivity contribution in [3.8, 4) is 11.5 Å². The van der Waals surface area contributed by atoms with E-state index in [9.17, 15) is 9.59 Å². The Morgan fingerprint density at radius 3 is 2.66 bits per heavy atom. The largest absolute Gasteiger partial charge is 0.495 e. The minimum atomic E-state index is -0.205. The lowest BCUT2D eigenvalue weighted by molar-refractivity contribution is -0.132. The van der Waals surface area contributed by atoms with E-state index in [0.717, 1.165) is 5.69 Å². The maximum atomic E-state index is 12.8. The number of fused-ring (bicyclic) bond motifs is 1. The third-order valence-corrected chi connectivity index (χ3v) is 5.55. The van der Waals surface area contributed by atoms with Gasteiger partial charge in [-0.3, -0.25) is 14.5 Å². The highest BCUT2D eigenvalue weighted by Gasteiger charge is 2.30. The van der Waals surface area contributed by atoms with Gasteiger partial charge in [0.1, 0.15) is 18.0 Å². The van der Waals surface area contributed by atoms with Crippen LogP contribution in [0.4, 0.5) is 11.4 Å². The summed E-state index contributed by atoms with van der Waals surface area (Å²) in [6, 6.07) is 12.9. The molecule has 0 aromatic heterocycles. The highest BCUT2D eigenvalue weighted by Crippen LogP contribution is 2.32. The number of rotatable bonds is 4. The van der Waals surface area contributed by atoms with Crippen LogP contribution in [0.25, 0.3) is 0 Å². The summed E-state index contributed by atoms with van der Waals surface area (Å²) in [5, 5.41) is 0.570. The van der Waals surface area contributed by atoms with Gasteiger partial charge in [-0.25, -0.2) is 0 Å². The molecule has 0 N–H and O–H groups in total. The number of carbonyl (C=O) groups excluding carboxylic acids is 2. The molecule has 2 aromatic carbocycles. The Morgan fingerprint density at radius 2 is 1.90 bits per heavy atom. The molecule has 2 heterocycles. The monoisotopic (exact) mass is 415 g/mol. The van der Waals surface area contributed by atoms with E-state index in [4.69, 9.17) is 21.1 Å². The van der Waals surface area contributed by atoms with Crippen LogP contribution in [0, 0.1) is 0 Å². The lowest BCUT2D eigenvalue weighted by Crippen LogP contribution is -2.53. The zero-order valence-corrected chi connectivity index (χ0v) is 16.9. The molecular formula is C21H22ClN3O4. The Balaban J connectivity index is 1.39. The van der Waals surface area contributed by atoms with Crippen LogP contribution in [-0.2, 0) is 9.59 Å². The van der Waals surface area contributed by atoms with Gasteiger partial charge in [-0.2, -0.15) is 0 Å². The Hall–Kier alpha value is -2.93. The van der Waals surface area contributed by atoms with Crippen LogP contribution < -0.4 is 19.3 Å². The Bertz CT molecular complexity index is 928. The van der Waals surface area contributed by atoms with E-state index in [2.05, 4.69) is 4.90 Å². The maximum absolute atomic E-state index is 12.8. The van der Waals surface area contributed by atoms with Gasteiger partial charge in [-0.05, 0) is 24.3 Å². The van der Waals surface area contributed by atoms with Crippen LogP contribution >= 0.6 is 11.6 Å². The van der Waals surface area contributed by atoms with Gasteiger partial charge in [-0.15, -0.1) is 0 Å². The predicted molar refractivity (Wildman–Crippen MR) is 111 cm³/mol. The van der Waals surface area contributed by atoms with E-state index in [-0.39, 0.29) is 25.0 Å². The first kappa shape index (κ1) is 19.4. The molecular weight excluding hydrogens is 394 g/mol. The molecule has 152 valence electrons. The van der Waals surface area contributed by atoms with Gasteiger partial charge in [0, 0.05) is 37.9 Å². The first-order valence-electron chi connectivity index (χ1n) is 9.45. The quantitative estimate of drug-likeness (QED) is 0.767. The smallest absolute Gasteiger partial charge is 0.265 e. The zero-order valence-electron chi connectivity index (χ0n) is 16.1. The number of para-hydroxylation sites is 2. The average Bonchev–Trinajstić information content (AvgIpc) is 2.76. The number of nitrogens with zero attached hydrogens (tertiary/aromatic N) is 3. The third-order valence-electron chi connectivity index (χ3n) is 5.23. The second-order valence-corrected chi connectivity index (χ2v) is 7.33. The number of anilines is 2.